The number of nitrogens with zero attached hydrogens (tertiary/aromatic N) is 1. The molecular weight excluding hydrogens is 272 g/mol. The van der Waals surface area contributed by atoms with Crippen molar-refractivity contribution in [2.45, 2.75) is 33.3 Å². The molecule has 0 aliphatic rings. The van der Waals surface area contributed by atoms with Crippen LogP contribution in [0.25, 0.3) is 0 Å². The molecule has 5 heteroatoms. The van der Waals surface area contributed by atoms with Crippen LogP contribution in [0.4, 0.5) is 5.13 Å². The van der Waals surface area contributed by atoms with Crippen LogP contribution in [0.15, 0.2) is 30.5 Å². The summed E-state index contributed by atoms with van der Waals surface area (Å²) in [7, 11) is 0. The summed E-state index contributed by atoms with van der Waals surface area (Å²) in [6.45, 7) is 5.77. The van der Waals surface area contributed by atoms with E-state index >= 15 is 0 Å². The molecule has 0 radical (unpaired) electrons. The number of ether oxygens (including phenoxy) is 1. The standard InChI is InChI=1S/C15H18N2O2S/c1-4-12-5-7-13(8-6-12)19-11(3)14(18)17-15-16-9-10(2)20-15/h5-9,11H,4H2,1-3H3,(H,16,17,18)/t11-/m1/s1. The van der Waals surface area contributed by atoms with Gasteiger partial charge in [-0.05, 0) is 38.0 Å². The molecule has 0 bridgehead atoms. The van der Waals surface area contributed by atoms with E-state index in [0.29, 0.717) is 10.9 Å². The van der Waals surface area contributed by atoms with Crippen LogP contribution in [-0.2, 0) is 11.2 Å². The molecule has 0 unspecified atom stereocenters. The number of thiazole rings is 1. The van der Waals surface area contributed by atoms with Crippen LogP contribution in [0, 0.1) is 6.92 Å². The second kappa shape index (κ2) is 6.52. The summed E-state index contributed by atoms with van der Waals surface area (Å²) < 4.78 is 5.62. The summed E-state index contributed by atoms with van der Waals surface area (Å²) in [5, 5.41) is 3.35. The molecule has 0 saturated heterocycles. The lowest BCUT2D eigenvalue weighted by molar-refractivity contribution is -0.122. The highest BCUT2D eigenvalue weighted by Gasteiger charge is 2.16. The van der Waals surface area contributed by atoms with Crippen molar-refractivity contribution in [3.8, 4) is 5.75 Å². The number of carbonyl (C=O) groups excluding carboxylic acids is 1. The normalized spacial score (nSPS) is 11.9. The maximum absolute atomic E-state index is 12.0. The highest BCUT2D eigenvalue weighted by Crippen LogP contribution is 2.18. The first kappa shape index (κ1) is 14.5. The topological polar surface area (TPSA) is 51.2 Å². The summed E-state index contributed by atoms with van der Waals surface area (Å²) in [6, 6.07) is 7.78. The monoisotopic (exact) mass is 290 g/mol. The fourth-order valence-corrected chi connectivity index (χ4v) is 2.35. The van der Waals surface area contributed by atoms with Gasteiger partial charge in [0.25, 0.3) is 5.91 Å². The average Bonchev–Trinajstić information content (AvgIpc) is 2.85. The summed E-state index contributed by atoms with van der Waals surface area (Å²) in [5.74, 6) is 0.499. The minimum Gasteiger partial charge on any atom is -0.481 e. The summed E-state index contributed by atoms with van der Waals surface area (Å²) in [4.78, 5) is 17.1. The van der Waals surface area contributed by atoms with Gasteiger partial charge in [0, 0.05) is 11.1 Å². The van der Waals surface area contributed by atoms with E-state index in [1.807, 2.05) is 31.2 Å². The molecule has 0 aliphatic heterocycles. The van der Waals surface area contributed by atoms with Crippen LogP contribution in [0.2, 0.25) is 0 Å². The molecule has 1 N–H and O–H groups in total. The van der Waals surface area contributed by atoms with Gasteiger partial charge in [-0.1, -0.05) is 19.1 Å². The Morgan fingerprint density at radius 2 is 2.10 bits per heavy atom. The highest BCUT2D eigenvalue weighted by molar-refractivity contribution is 7.15. The van der Waals surface area contributed by atoms with Crippen LogP contribution in [0.5, 0.6) is 5.75 Å². The molecule has 2 rings (SSSR count). The SMILES string of the molecule is CCc1ccc(O[C@H](C)C(=O)Nc2ncc(C)s2)cc1. The lowest BCUT2D eigenvalue weighted by atomic mass is 10.2. The lowest BCUT2D eigenvalue weighted by Gasteiger charge is -2.13. The number of rotatable bonds is 5. The third-order valence-electron chi connectivity index (χ3n) is 2.87. The predicted octanol–water partition coefficient (Wildman–Crippen LogP) is 3.42. The minimum absolute atomic E-state index is 0.195. The predicted molar refractivity (Wildman–Crippen MR) is 81.4 cm³/mol. The average molecular weight is 290 g/mol. The summed E-state index contributed by atoms with van der Waals surface area (Å²) >= 11 is 1.45. The lowest BCUT2D eigenvalue weighted by Crippen LogP contribution is -2.30. The van der Waals surface area contributed by atoms with Crippen LogP contribution in [0.3, 0.4) is 0 Å². The number of benzene rings is 1. The van der Waals surface area contributed by atoms with E-state index in [1.165, 1.54) is 16.9 Å². The molecule has 0 spiro atoms. The zero-order valence-corrected chi connectivity index (χ0v) is 12.7. The molecule has 2 aromatic rings. The number of anilines is 1. The van der Waals surface area contributed by atoms with E-state index in [9.17, 15) is 4.79 Å². The fourth-order valence-electron chi connectivity index (χ4n) is 1.68. The minimum atomic E-state index is -0.563. The summed E-state index contributed by atoms with van der Waals surface area (Å²) in [5.41, 5.74) is 1.24. The number of amides is 1. The molecule has 20 heavy (non-hydrogen) atoms. The van der Waals surface area contributed by atoms with E-state index in [1.54, 1.807) is 13.1 Å². The first-order valence-corrected chi connectivity index (χ1v) is 7.39. The molecular formula is C15H18N2O2S. The Kier molecular flexibility index (Phi) is 4.74. The van der Waals surface area contributed by atoms with Crippen molar-refractivity contribution in [2.75, 3.05) is 5.32 Å². The highest BCUT2D eigenvalue weighted by atomic mass is 32.1. The van der Waals surface area contributed by atoms with Crippen molar-refractivity contribution in [1.29, 1.82) is 0 Å². The number of carbonyl (C=O) groups is 1. The first-order valence-electron chi connectivity index (χ1n) is 6.57. The Morgan fingerprint density at radius 1 is 1.40 bits per heavy atom. The van der Waals surface area contributed by atoms with Gasteiger partial charge in [-0.15, -0.1) is 11.3 Å². The molecule has 1 heterocycles. The Balaban J connectivity index is 1.92. The number of aromatic nitrogens is 1. The van der Waals surface area contributed by atoms with Crippen molar-refractivity contribution >= 4 is 22.4 Å². The van der Waals surface area contributed by atoms with Gasteiger partial charge in [0.15, 0.2) is 11.2 Å². The van der Waals surface area contributed by atoms with Gasteiger partial charge in [-0.25, -0.2) is 4.98 Å². The third kappa shape index (κ3) is 3.81. The number of hydrogen-bond donors (Lipinski definition) is 1. The van der Waals surface area contributed by atoms with Gasteiger partial charge < -0.3 is 4.74 Å². The third-order valence-corrected chi connectivity index (χ3v) is 3.69. The number of hydrogen-bond acceptors (Lipinski definition) is 4. The van der Waals surface area contributed by atoms with E-state index in [4.69, 9.17) is 4.74 Å². The maximum atomic E-state index is 12.0. The largest absolute Gasteiger partial charge is 0.481 e. The molecule has 1 amide bonds. The van der Waals surface area contributed by atoms with Crippen LogP contribution >= 0.6 is 11.3 Å². The van der Waals surface area contributed by atoms with Gasteiger partial charge >= 0.3 is 0 Å². The Morgan fingerprint density at radius 3 is 2.65 bits per heavy atom. The summed E-state index contributed by atoms with van der Waals surface area (Å²) in [6.07, 6.45) is 2.15. The fraction of sp³-hybridized carbons (Fsp3) is 0.333. The van der Waals surface area contributed by atoms with Crippen molar-refractivity contribution in [2.24, 2.45) is 0 Å². The Bertz CT molecular complexity index is 578. The quantitative estimate of drug-likeness (QED) is 0.918. The molecule has 106 valence electrons. The van der Waals surface area contributed by atoms with E-state index in [-0.39, 0.29) is 5.91 Å². The van der Waals surface area contributed by atoms with Gasteiger partial charge in [-0.3, -0.25) is 10.1 Å². The van der Waals surface area contributed by atoms with Crippen LogP contribution in [-0.4, -0.2) is 17.0 Å². The molecule has 0 saturated carbocycles. The Hall–Kier alpha value is -1.88. The molecule has 1 atom stereocenters. The van der Waals surface area contributed by atoms with E-state index in [0.717, 1.165) is 11.3 Å². The zero-order chi connectivity index (χ0) is 14.5. The molecule has 0 fully saturated rings. The van der Waals surface area contributed by atoms with Gasteiger partial charge in [0.05, 0.1) is 0 Å². The van der Waals surface area contributed by atoms with Gasteiger partial charge in [0.2, 0.25) is 0 Å². The molecule has 4 nitrogen and oxygen atoms in total. The van der Waals surface area contributed by atoms with E-state index < -0.39 is 6.10 Å². The van der Waals surface area contributed by atoms with Crippen molar-refractivity contribution in [3.63, 3.8) is 0 Å². The second-order valence-corrected chi connectivity index (χ2v) is 5.76. The van der Waals surface area contributed by atoms with Crippen LogP contribution in [0.1, 0.15) is 24.3 Å². The van der Waals surface area contributed by atoms with Gasteiger partial charge in [-0.2, -0.15) is 0 Å². The second-order valence-electron chi connectivity index (χ2n) is 4.52. The van der Waals surface area contributed by atoms with Crippen LogP contribution < -0.4 is 10.1 Å². The first-order chi connectivity index (χ1) is 9.58. The Labute approximate surface area is 122 Å². The number of nitrogens with one attached hydrogen (secondary N) is 1. The van der Waals surface area contributed by atoms with Gasteiger partial charge in [0.1, 0.15) is 5.75 Å². The van der Waals surface area contributed by atoms with Crippen molar-refractivity contribution in [3.05, 3.63) is 40.9 Å². The van der Waals surface area contributed by atoms with Crippen molar-refractivity contribution < 1.29 is 9.53 Å². The maximum Gasteiger partial charge on any atom is 0.266 e. The van der Waals surface area contributed by atoms with Crippen molar-refractivity contribution in [1.82, 2.24) is 4.98 Å². The zero-order valence-electron chi connectivity index (χ0n) is 11.8. The molecule has 1 aromatic heterocycles. The molecule has 1 aromatic carbocycles. The number of aryl methyl sites for hydroxylation is 2. The van der Waals surface area contributed by atoms with E-state index in [2.05, 4.69) is 17.2 Å². The smallest absolute Gasteiger partial charge is 0.266 e. The molecule has 0 aliphatic carbocycles.